The smallest absolute Gasteiger partial charge is 0.175 e. The molecule has 0 saturated carbocycles. The number of halogens is 1. The predicted molar refractivity (Wildman–Crippen MR) is 102 cm³/mol. The van der Waals surface area contributed by atoms with Crippen molar-refractivity contribution in [3.05, 3.63) is 54.2 Å². The van der Waals surface area contributed by atoms with Gasteiger partial charge in [0.1, 0.15) is 5.75 Å². The zero-order valence-electron chi connectivity index (χ0n) is 13.8. The van der Waals surface area contributed by atoms with Crippen molar-refractivity contribution in [1.82, 2.24) is 10.2 Å². The number of ether oxygens (including phenoxy) is 1. The van der Waals surface area contributed by atoms with E-state index in [4.69, 9.17) is 4.74 Å². The van der Waals surface area contributed by atoms with Gasteiger partial charge in [-0.25, -0.2) is 8.42 Å². The van der Waals surface area contributed by atoms with E-state index < -0.39 is 9.84 Å². The molecular weight excluding hydrogens is 404 g/mol. The van der Waals surface area contributed by atoms with E-state index in [0.29, 0.717) is 10.2 Å². The van der Waals surface area contributed by atoms with Gasteiger partial charge in [0.05, 0.1) is 23.4 Å². The molecular formula is C18H17BrN2O3S. The number of hydrogen-bond acceptors (Lipinski definition) is 4. The Morgan fingerprint density at radius 1 is 1.04 bits per heavy atom. The second-order valence-corrected chi connectivity index (χ2v) is 8.16. The average molecular weight is 421 g/mol. The molecule has 2 aromatic carbocycles. The van der Waals surface area contributed by atoms with E-state index in [0.717, 1.165) is 33.8 Å². The van der Waals surface area contributed by atoms with E-state index in [1.165, 1.54) is 6.26 Å². The quantitative estimate of drug-likeness (QED) is 0.631. The van der Waals surface area contributed by atoms with Gasteiger partial charge in [-0.05, 0) is 29.8 Å². The minimum Gasteiger partial charge on any atom is -0.497 e. The Kier molecular flexibility index (Phi) is 4.96. The topological polar surface area (TPSA) is 72.0 Å². The first-order valence-corrected chi connectivity index (χ1v) is 10.5. The van der Waals surface area contributed by atoms with E-state index in [1.807, 2.05) is 24.3 Å². The van der Waals surface area contributed by atoms with Crippen molar-refractivity contribution in [2.75, 3.05) is 13.4 Å². The summed E-state index contributed by atoms with van der Waals surface area (Å²) in [5, 5.41) is 8.05. The van der Waals surface area contributed by atoms with E-state index in [9.17, 15) is 8.42 Å². The van der Waals surface area contributed by atoms with E-state index in [2.05, 4.69) is 26.1 Å². The number of rotatable bonds is 5. The maximum Gasteiger partial charge on any atom is 0.175 e. The predicted octanol–water partition coefficient (Wildman–Crippen LogP) is 4.05. The van der Waals surface area contributed by atoms with Gasteiger partial charge in [-0.15, -0.1) is 0 Å². The van der Waals surface area contributed by atoms with Crippen LogP contribution in [0.2, 0.25) is 0 Å². The molecule has 0 unspecified atom stereocenters. The van der Waals surface area contributed by atoms with Crippen LogP contribution in [0, 0.1) is 0 Å². The summed E-state index contributed by atoms with van der Waals surface area (Å²) in [4.78, 5) is 0.294. The first-order valence-electron chi connectivity index (χ1n) is 7.52. The Bertz CT molecular complexity index is 978. The number of aromatic nitrogens is 2. The van der Waals surface area contributed by atoms with Crippen LogP contribution in [-0.4, -0.2) is 32.0 Å². The highest BCUT2D eigenvalue weighted by Gasteiger charge is 2.17. The number of alkyl halides is 1. The summed E-state index contributed by atoms with van der Waals surface area (Å²) >= 11 is 3.47. The van der Waals surface area contributed by atoms with Crippen LogP contribution in [0.15, 0.2) is 53.4 Å². The maximum atomic E-state index is 11.6. The summed E-state index contributed by atoms with van der Waals surface area (Å²) in [5.41, 5.74) is 4.59. The maximum absolute atomic E-state index is 11.6. The van der Waals surface area contributed by atoms with Crippen molar-refractivity contribution < 1.29 is 13.2 Å². The summed E-state index contributed by atoms with van der Waals surface area (Å²) in [7, 11) is -1.59. The van der Waals surface area contributed by atoms with Gasteiger partial charge in [-0.2, -0.15) is 5.10 Å². The first kappa shape index (κ1) is 17.7. The highest BCUT2D eigenvalue weighted by molar-refractivity contribution is 9.08. The molecule has 3 aromatic rings. The lowest BCUT2D eigenvalue weighted by atomic mass is 9.99. The largest absolute Gasteiger partial charge is 0.497 e. The van der Waals surface area contributed by atoms with Crippen LogP contribution in [0.5, 0.6) is 5.75 Å². The Balaban J connectivity index is 2.09. The lowest BCUT2D eigenvalue weighted by Gasteiger charge is -2.08. The van der Waals surface area contributed by atoms with Gasteiger partial charge in [-0.1, -0.05) is 40.2 Å². The molecule has 1 heterocycles. The monoisotopic (exact) mass is 420 g/mol. The number of methoxy groups -OCH3 is 1. The number of nitrogens with zero attached hydrogens (tertiary/aromatic N) is 1. The molecule has 0 saturated heterocycles. The Labute approximate surface area is 155 Å². The molecule has 0 radical (unpaired) electrons. The molecule has 3 rings (SSSR count). The SMILES string of the molecule is COc1ccc(-c2c(CBr)n[nH]c2-c2ccc(S(C)(=O)=O)cc2)cc1. The van der Waals surface area contributed by atoms with Crippen LogP contribution in [0.3, 0.4) is 0 Å². The van der Waals surface area contributed by atoms with E-state index >= 15 is 0 Å². The third kappa shape index (κ3) is 3.62. The van der Waals surface area contributed by atoms with Crippen molar-refractivity contribution >= 4 is 25.8 Å². The van der Waals surface area contributed by atoms with Crippen LogP contribution in [-0.2, 0) is 15.2 Å². The highest BCUT2D eigenvalue weighted by atomic mass is 79.9. The van der Waals surface area contributed by atoms with Crippen molar-refractivity contribution in [1.29, 1.82) is 0 Å². The zero-order valence-corrected chi connectivity index (χ0v) is 16.2. The third-order valence-corrected chi connectivity index (χ3v) is 5.58. The van der Waals surface area contributed by atoms with Crippen LogP contribution in [0.4, 0.5) is 0 Å². The second kappa shape index (κ2) is 7.01. The molecule has 0 aliphatic carbocycles. The molecule has 0 spiro atoms. The fourth-order valence-electron chi connectivity index (χ4n) is 2.62. The van der Waals surface area contributed by atoms with Gasteiger partial charge in [0.25, 0.3) is 0 Å². The van der Waals surface area contributed by atoms with Gasteiger partial charge < -0.3 is 4.74 Å². The molecule has 5 nitrogen and oxygen atoms in total. The number of hydrogen-bond donors (Lipinski definition) is 1. The summed E-state index contributed by atoms with van der Waals surface area (Å²) in [6.07, 6.45) is 1.20. The standard InChI is InChI=1S/C18H17BrN2O3S/c1-24-14-7-3-12(4-8-14)17-16(11-19)20-21-18(17)13-5-9-15(10-6-13)25(2,22)23/h3-10H,11H2,1-2H3,(H,20,21). The molecule has 25 heavy (non-hydrogen) atoms. The minimum absolute atomic E-state index is 0.294. The van der Waals surface area contributed by atoms with Crippen molar-refractivity contribution in [3.63, 3.8) is 0 Å². The molecule has 0 aliphatic heterocycles. The molecule has 0 aliphatic rings. The first-order chi connectivity index (χ1) is 11.9. The lowest BCUT2D eigenvalue weighted by Crippen LogP contribution is -1.96. The summed E-state index contributed by atoms with van der Waals surface area (Å²) in [5.74, 6) is 0.784. The molecule has 0 amide bonds. The number of nitrogens with one attached hydrogen (secondary N) is 1. The number of aromatic amines is 1. The lowest BCUT2D eigenvalue weighted by molar-refractivity contribution is 0.415. The number of sulfone groups is 1. The zero-order chi connectivity index (χ0) is 18.0. The van der Waals surface area contributed by atoms with Gasteiger partial charge in [0.15, 0.2) is 9.84 Å². The number of benzene rings is 2. The molecule has 1 aromatic heterocycles. The normalized spacial score (nSPS) is 11.5. The minimum atomic E-state index is -3.22. The van der Waals surface area contributed by atoms with Gasteiger partial charge >= 0.3 is 0 Å². The second-order valence-electron chi connectivity index (χ2n) is 5.58. The van der Waals surface area contributed by atoms with Gasteiger partial charge in [0.2, 0.25) is 0 Å². The molecule has 130 valence electrons. The van der Waals surface area contributed by atoms with Crippen LogP contribution >= 0.6 is 15.9 Å². The fraction of sp³-hybridized carbons (Fsp3) is 0.167. The van der Waals surface area contributed by atoms with Crippen LogP contribution in [0.1, 0.15) is 5.69 Å². The van der Waals surface area contributed by atoms with E-state index in [1.54, 1.807) is 31.4 Å². The van der Waals surface area contributed by atoms with Crippen molar-refractivity contribution in [2.45, 2.75) is 10.2 Å². The molecule has 0 fully saturated rings. The average Bonchev–Trinajstić information content (AvgIpc) is 3.05. The van der Waals surface area contributed by atoms with Crippen molar-refractivity contribution in [3.8, 4) is 28.1 Å². The Morgan fingerprint density at radius 2 is 1.64 bits per heavy atom. The third-order valence-electron chi connectivity index (χ3n) is 3.92. The molecule has 0 atom stereocenters. The fourth-order valence-corrected chi connectivity index (χ4v) is 3.66. The number of H-pyrrole nitrogens is 1. The molecule has 1 N–H and O–H groups in total. The van der Waals surface area contributed by atoms with Crippen molar-refractivity contribution in [2.24, 2.45) is 0 Å². The molecule has 0 bridgehead atoms. The Hall–Kier alpha value is -2.12. The van der Waals surface area contributed by atoms with E-state index in [-0.39, 0.29) is 0 Å². The van der Waals surface area contributed by atoms with Crippen LogP contribution in [0.25, 0.3) is 22.4 Å². The Morgan fingerprint density at radius 3 is 2.16 bits per heavy atom. The highest BCUT2D eigenvalue weighted by Crippen LogP contribution is 2.35. The van der Waals surface area contributed by atoms with Gasteiger partial charge in [-0.3, -0.25) is 5.10 Å². The summed E-state index contributed by atoms with van der Waals surface area (Å²) in [6.45, 7) is 0. The van der Waals surface area contributed by atoms with Gasteiger partial charge in [0, 0.05) is 22.7 Å². The van der Waals surface area contributed by atoms with Crippen LogP contribution < -0.4 is 4.74 Å². The molecule has 7 heteroatoms. The summed E-state index contributed by atoms with van der Waals surface area (Å²) in [6, 6.07) is 14.5. The summed E-state index contributed by atoms with van der Waals surface area (Å²) < 4.78 is 28.5.